The molecular weight excluding hydrogens is 310 g/mol. The van der Waals surface area contributed by atoms with Crippen LogP contribution in [-0.4, -0.2) is 42.5 Å². The van der Waals surface area contributed by atoms with Crippen molar-refractivity contribution in [2.24, 2.45) is 0 Å². The van der Waals surface area contributed by atoms with Gasteiger partial charge in [-0.15, -0.1) is 11.8 Å². The van der Waals surface area contributed by atoms with Crippen LogP contribution in [0.25, 0.3) is 11.3 Å². The summed E-state index contributed by atoms with van der Waals surface area (Å²) >= 11 is 1.54. The molecule has 0 atom stereocenters. The number of rotatable bonds is 3. The Morgan fingerprint density at radius 2 is 1.83 bits per heavy atom. The van der Waals surface area contributed by atoms with Crippen LogP contribution in [0.2, 0.25) is 0 Å². The third kappa shape index (κ3) is 3.38. The zero-order chi connectivity index (χ0) is 16.2. The lowest BCUT2D eigenvalue weighted by Crippen LogP contribution is -2.37. The van der Waals surface area contributed by atoms with Crippen molar-refractivity contribution in [1.82, 2.24) is 9.97 Å². The van der Waals surface area contributed by atoms with E-state index in [9.17, 15) is 4.79 Å². The van der Waals surface area contributed by atoms with E-state index in [0.717, 1.165) is 35.1 Å². The molecule has 2 aromatic rings. The number of hydrogen-bond donors (Lipinski definition) is 0. The van der Waals surface area contributed by atoms with Gasteiger partial charge in [0.1, 0.15) is 16.5 Å². The van der Waals surface area contributed by atoms with Crippen LogP contribution in [0.5, 0.6) is 0 Å². The van der Waals surface area contributed by atoms with Crippen molar-refractivity contribution in [3.05, 3.63) is 46.2 Å². The monoisotopic (exact) mass is 329 g/mol. The average molecular weight is 329 g/mol. The first-order valence-electron chi connectivity index (χ1n) is 7.56. The fourth-order valence-corrected chi connectivity index (χ4v) is 3.21. The molecule has 3 rings (SSSR count). The predicted octanol–water partition coefficient (Wildman–Crippen LogP) is 2.37. The molecule has 120 valence electrons. The normalized spacial score (nSPS) is 14.8. The van der Waals surface area contributed by atoms with Crippen LogP contribution in [0, 0.1) is 6.92 Å². The molecule has 1 aromatic carbocycles. The average Bonchev–Trinajstić information content (AvgIpc) is 2.73. The van der Waals surface area contributed by atoms with Crippen molar-refractivity contribution in [2.75, 3.05) is 37.5 Å². The van der Waals surface area contributed by atoms with Gasteiger partial charge in [-0.25, -0.2) is 4.98 Å². The minimum absolute atomic E-state index is 0.291. The highest BCUT2D eigenvalue weighted by atomic mass is 32.2. The Bertz CT molecular complexity index is 747. The SMILES string of the molecule is CSc1nc(-c2ccccc2)c(=O)nc(N2CCOCC2)c1C. The maximum Gasteiger partial charge on any atom is 0.298 e. The van der Waals surface area contributed by atoms with Crippen molar-refractivity contribution in [2.45, 2.75) is 11.9 Å². The molecule has 0 saturated carbocycles. The molecule has 0 aliphatic carbocycles. The van der Waals surface area contributed by atoms with Crippen molar-refractivity contribution in [3.8, 4) is 11.3 Å². The van der Waals surface area contributed by atoms with Gasteiger partial charge in [-0.3, -0.25) is 4.79 Å². The number of nitrogens with zero attached hydrogens (tertiary/aromatic N) is 3. The summed E-state index contributed by atoms with van der Waals surface area (Å²) in [6.45, 7) is 4.77. The van der Waals surface area contributed by atoms with Gasteiger partial charge in [0.15, 0.2) is 0 Å². The van der Waals surface area contributed by atoms with Crippen LogP contribution in [0.4, 0.5) is 5.82 Å². The number of benzene rings is 1. The summed E-state index contributed by atoms with van der Waals surface area (Å²) < 4.78 is 5.40. The summed E-state index contributed by atoms with van der Waals surface area (Å²) in [5.41, 5.74) is 1.85. The van der Waals surface area contributed by atoms with Gasteiger partial charge < -0.3 is 9.64 Å². The first-order valence-corrected chi connectivity index (χ1v) is 8.78. The molecule has 23 heavy (non-hydrogen) atoms. The van der Waals surface area contributed by atoms with E-state index < -0.39 is 0 Å². The summed E-state index contributed by atoms with van der Waals surface area (Å²) in [6.07, 6.45) is 1.97. The minimum atomic E-state index is -0.291. The molecule has 0 N–H and O–H groups in total. The lowest BCUT2D eigenvalue weighted by molar-refractivity contribution is 0.122. The Morgan fingerprint density at radius 3 is 2.48 bits per heavy atom. The number of anilines is 1. The molecule has 5 nitrogen and oxygen atoms in total. The summed E-state index contributed by atoms with van der Waals surface area (Å²) in [4.78, 5) is 23.8. The van der Waals surface area contributed by atoms with E-state index in [4.69, 9.17) is 4.74 Å². The van der Waals surface area contributed by atoms with Crippen LogP contribution < -0.4 is 10.5 Å². The number of aromatic nitrogens is 2. The summed E-state index contributed by atoms with van der Waals surface area (Å²) in [5, 5.41) is 0.833. The molecule has 0 spiro atoms. The Morgan fingerprint density at radius 1 is 1.13 bits per heavy atom. The second kappa shape index (κ2) is 7.10. The lowest BCUT2D eigenvalue weighted by atomic mass is 10.2. The topological polar surface area (TPSA) is 55.3 Å². The predicted molar refractivity (Wildman–Crippen MR) is 93.3 cm³/mol. The van der Waals surface area contributed by atoms with Gasteiger partial charge in [-0.05, 0) is 13.2 Å². The number of ether oxygens (including phenoxy) is 1. The van der Waals surface area contributed by atoms with Gasteiger partial charge >= 0.3 is 0 Å². The van der Waals surface area contributed by atoms with Gasteiger partial charge in [-0.2, -0.15) is 4.98 Å². The third-order valence-corrected chi connectivity index (χ3v) is 4.61. The molecular formula is C17H19N3O2S. The fourth-order valence-electron chi connectivity index (χ4n) is 2.63. The van der Waals surface area contributed by atoms with Crippen LogP contribution in [0.15, 0.2) is 40.2 Å². The van der Waals surface area contributed by atoms with E-state index >= 15 is 0 Å². The van der Waals surface area contributed by atoms with Crippen LogP contribution in [0.3, 0.4) is 0 Å². The second-order valence-electron chi connectivity index (χ2n) is 5.30. The van der Waals surface area contributed by atoms with Crippen LogP contribution in [0.1, 0.15) is 5.56 Å². The van der Waals surface area contributed by atoms with E-state index in [-0.39, 0.29) is 5.56 Å². The van der Waals surface area contributed by atoms with Gasteiger partial charge in [0, 0.05) is 24.2 Å². The Balaban J connectivity index is 2.18. The first-order chi connectivity index (χ1) is 11.2. The third-order valence-electron chi connectivity index (χ3n) is 3.83. The van der Waals surface area contributed by atoms with Crippen molar-refractivity contribution in [1.29, 1.82) is 0 Å². The van der Waals surface area contributed by atoms with Crippen molar-refractivity contribution in [3.63, 3.8) is 0 Å². The summed E-state index contributed by atoms with van der Waals surface area (Å²) in [5.74, 6) is 0.720. The highest BCUT2D eigenvalue weighted by Crippen LogP contribution is 2.26. The molecule has 1 aliphatic heterocycles. The molecule has 2 heterocycles. The quantitative estimate of drug-likeness (QED) is 0.806. The van der Waals surface area contributed by atoms with E-state index in [1.165, 1.54) is 11.8 Å². The summed E-state index contributed by atoms with van der Waals surface area (Å²) in [6, 6.07) is 9.50. The van der Waals surface area contributed by atoms with Crippen molar-refractivity contribution < 1.29 is 4.74 Å². The minimum Gasteiger partial charge on any atom is -0.378 e. The van der Waals surface area contributed by atoms with E-state index in [1.54, 1.807) is 0 Å². The highest BCUT2D eigenvalue weighted by molar-refractivity contribution is 7.98. The largest absolute Gasteiger partial charge is 0.378 e. The zero-order valence-electron chi connectivity index (χ0n) is 13.3. The Hall–Kier alpha value is -1.92. The molecule has 0 amide bonds. The molecule has 1 saturated heterocycles. The number of thioether (sulfide) groups is 1. The van der Waals surface area contributed by atoms with Gasteiger partial charge in [0.05, 0.1) is 13.2 Å². The molecule has 1 fully saturated rings. The molecule has 1 aromatic heterocycles. The second-order valence-corrected chi connectivity index (χ2v) is 6.10. The zero-order valence-corrected chi connectivity index (χ0v) is 14.1. The smallest absolute Gasteiger partial charge is 0.298 e. The summed E-state index contributed by atoms with van der Waals surface area (Å²) in [7, 11) is 0. The first kappa shape index (κ1) is 16.0. The maximum atomic E-state index is 12.7. The molecule has 6 heteroatoms. The Labute approximate surface area is 139 Å². The number of morpholine rings is 1. The van der Waals surface area contributed by atoms with Gasteiger partial charge in [-0.1, -0.05) is 30.3 Å². The number of hydrogen-bond acceptors (Lipinski definition) is 6. The van der Waals surface area contributed by atoms with E-state index in [0.29, 0.717) is 18.9 Å². The molecule has 0 radical (unpaired) electrons. The Kier molecular flexibility index (Phi) is 4.93. The molecule has 1 aliphatic rings. The van der Waals surface area contributed by atoms with Crippen molar-refractivity contribution >= 4 is 17.6 Å². The van der Waals surface area contributed by atoms with Gasteiger partial charge in [0.2, 0.25) is 0 Å². The van der Waals surface area contributed by atoms with E-state index in [1.807, 2.05) is 43.5 Å². The molecule has 0 bridgehead atoms. The standard InChI is InChI=1S/C17H19N3O2S/c1-12-15(20-8-10-22-11-9-20)19-16(21)14(18-17(12)23-2)13-6-4-3-5-7-13/h3-7H,8-11H2,1-2H3. The van der Waals surface area contributed by atoms with Crippen LogP contribution in [-0.2, 0) is 4.74 Å². The lowest BCUT2D eigenvalue weighted by Gasteiger charge is -2.28. The van der Waals surface area contributed by atoms with Gasteiger partial charge in [0.25, 0.3) is 5.56 Å². The fraction of sp³-hybridized carbons (Fsp3) is 0.353. The molecule has 0 unspecified atom stereocenters. The maximum absolute atomic E-state index is 12.7. The van der Waals surface area contributed by atoms with E-state index in [2.05, 4.69) is 14.9 Å². The van der Waals surface area contributed by atoms with Crippen LogP contribution >= 0.6 is 11.8 Å². The highest BCUT2D eigenvalue weighted by Gasteiger charge is 2.19.